The summed E-state index contributed by atoms with van der Waals surface area (Å²) in [7, 11) is 0. The van der Waals surface area contributed by atoms with Crippen LogP contribution in [0.2, 0.25) is 0 Å². The molecule has 0 radical (unpaired) electrons. The molecule has 0 aromatic rings. The van der Waals surface area contributed by atoms with Crippen molar-refractivity contribution in [3.63, 3.8) is 0 Å². The van der Waals surface area contributed by atoms with Crippen LogP contribution >= 0.6 is 11.6 Å². The highest BCUT2D eigenvalue weighted by Gasteiger charge is 2.08. The Morgan fingerprint density at radius 1 is 2.00 bits per heavy atom. The van der Waals surface area contributed by atoms with E-state index < -0.39 is 11.5 Å². The first kappa shape index (κ1) is 6.36. The summed E-state index contributed by atoms with van der Waals surface area (Å²) < 4.78 is 0. The maximum atomic E-state index is 9.58. The number of carboxylic acids is 1. The number of carboxylic acid groups (broad SMARTS) is 1. The second kappa shape index (κ2) is 2.52. The predicted molar refractivity (Wildman–Crippen MR) is 22.4 cm³/mol. The smallest absolute Gasteiger partial charge is 0.345 e. The molecule has 0 aliphatic rings. The molecule has 5 heteroatoms. The van der Waals surface area contributed by atoms with E-state index in [0.717, 1.165) is 0 Å². The van der Waals surface area contributed by atoms with Crippen molar-refractivity contribution in [3.8, 4) is 0 Å². The summed E-state index contributed by atoms with van der Waals surface area (Å²) in [6, 6.07) is 0. The maximum absolute atomic E-state index is 9.58. The van der Waals surface area contributed by atoms with Crippen LogP contribution in [0.15, 0.2) is 5.11 Å². The van der Waals surface area contributed by atoms with Crippen LogP contribution in [0.4, 0.5) is 0 Å². The molecule has 0 aliphatic carbocycles. The summed E-state index contributed by atoms with van der Waals surface area (Å²) in [6.45, 7) is 0. The predicted octanol–water partition coefficient (Wildman–Crippen LogP) is 0.667. The molecular formula is C2H3ClN2O2. The van der Waals surface area contributed by atoms with E-state index in [0.29, 0.717) is 0 Å². The van der Waals surface area contributed by atoms with E-state index in [9.17, 15) is 4.79 Å². The number of aliphatic carboxylic acids is 1. The highest BCUT2D eigenvalue weighted by Crippen LogP contribution is 1.94. The molecule has 1 atom stereocenters. The summed E-state index contributed by atoms with van der Waals surface area (Å²) >= 11 is 4.85. The third-order valence-corrected chi connectivity index (χ3v) is 0.601. The number of hydrogen-bond donors (Lipinski definition) is 2. The third kappa shape index (κ3) is 2.11. The lowest BCUT2D eigenvalue weighted by Gasteiger charge is -1.87. The summed E-state index contributed by atoms with van der Waals surface area (Å²) in [6.07, 6.45) is 0. The van der Waals surface area contributed by atoms with Crippen LogP contribution in [-0.2, 0) is 4.79 Å². The molecule has 4 nitrogen and oxygen atoms in total. The zero-order chi connectivity index (χ0) is 5.86. The van der Waals surface area contributed by atoms with Gasteiger partial charge in [0, 0.05) is 0 Å². The molecule has 7 heavy (non-hydrogen) atoms. The van der Waals surface area contributed by atoms with Crippen LogP contribution in [0.25, 0.3) is 0 Å². The van der Waals surface area contributed by atoms with Gasteiger partial charge in [0.05, 0.1) is 0 Å². The van der Waals surface area contributed by atoms with Crippen molar-refractivity contribution >= 4 is 17.6 Å². The molecule has 0 fully saturated rings. The lowest BCUT2D eigenvalue weighted by molar-refractivity contribution is -0.136. The van der Waals surface area contributed by atoms with Crippen molar-refractivity contribution < 1.29 is 9.90 Å². The second-order valence-electron chi connectivity index (χ2n) is 0.803. The summed E-state index contributed by atoms with van der Waals surface area (Å²) in [4.78, 5) is 9.58. The highest BCUT2D eigenvalue weighted by molar-refractivity contribution is 6.29. The summed E-state index contributed by atoms with van der Waals surface area (Å²) in [5.41, 5.74) is 4.63. The van der Waals surface area contributed by atoms with Crippen molar-refractivity contribution in [3.05, 3.63) is 0 Å². The van der Waals surface area contributed by atoms with Crippen LogP contribution in [-0.4, -0.2) is 16.6 Å². The average Bonchev–Trinajstić information content (AvgIpc) is 1.65. The zero-order valence-electron chi connectivity index (χ0n) is 3.26. The Kier molecular flexibility index (Phi) is 2.29. The van der Waals surface area contributed by atoms with Crippen molar-refractivity contribution in [2.45, 2.75) is 5.50 Å². The van der Waals surface area contributed by atoms with Crippen LogP contribution in [0.5, 0.6) is 0 Å². The third-order valence-electron chi connectivity index (χ3n) is 0.317. The maximum Gasteiger partial charge on any atom is 0.345 e. The van der Waals surface area contributed by atoms with Gasteiger partial charge in [0.1, 0.15) is 0 Å². The molecule has 0 aromatic carbocycles. The van der Waals surface area contributed by atoms with Crippen LogP contribution < -0.4 is 0 Å². The summed E-state index contributed by atoms with van der Waals surface area (Å²) in [5, 5.41) is 10.3. The number of hydrogen-bond acceptors (Lipinski definition) is 3. The van der Waals surface area contributed by atoms with Crippen molar-refractivity contribution in [1.82, 2.24) is 0 Å². The molecule has 0 saturated heterocycles. The van der Waals surface area contributed by atoms with Gasteiger partial charge in [-0.3, -0.25) is 0 Å². The van der Waals surface area contributed by atoms with E-state index in [4.69, 9.17) is 22.2 Å². The Labute approximate surface area is 44.6 Å². The minimum Gasteiger partial charge on any atom is -0.479 e. The first-order valence-corrected chi connectivity index (χ1v) is 1.85. The van der Waals surface area contributed by atoms with Crippen LogP contribution in [0.1, 0.15) is 0 Å². The average molecular weight is 123 g/mol. The number of nitrogens with one attached hydrogen (secondary N) is 1. The fourth-order valence-corrected chi connectivity index (χ4v) is 0.0552. The molecule has 0 aromatic heterocycles. The van der Waals surface area contributed by atoms with E-state index in [1.165, 1.54) is 0 Å². The lowest BCUT2D eigenvalue weighted by atomic mass is 10.7. The molecule has 0 spiro atoms. The normalized spacial score (nSPS) is 12.7. The molecule has 0 saturated carbocycles. The highest BCUT2D eigenvalue weighted by atomic mass is 35.5. The number of nitrogens with zero attached hydrogens (tertiary/aromatic N) is 1. The molecule has 1 unspecified atom stereocenters. The van der Waals surface area contributed by atoms with Gasteiger partial charge in [-0.05, 0) is 0 Å². The molecule has 0 aliphatic heterocycles. The molecule has 0 heterocycles. The van der Waals surface area contributed by atoms with E-state index in [1.807, 2.05) is 0 Å². The van der Waals surface area contributed by atoms with E-state index in [2.05, 4.69) is 5.11 Å². The van der Waals surface area contributed by atoms with Gasteiger partial charge in [-0.2, -0.15) is 5.11 Å². The largest absolute Gasteiger partial charge is 0.479 e. The fraction of sp³-hybridized carbons (Fsp3) is 0.500. The zero-order valence-corrected chi connectivity index (χ0v) is 4.01. The quantitative estimate of drug-likeness (QED) is 0.321. The van der Waals surface area contributed by atoms with Crippen molar-refractivity contribution in [1.29, 1.82) is 5.53 Å². The Bertz CT molecular complexity index is 93.7. The second-order valence-corrected chi connectivity index (χ2v) is 1.22. The Morgan fingerprint density at radius 3 is 2.43 bits per heavy atom. The van der Waals surface area contributed by atoms with Crippen LogP contribution in [0, 0.1) is 5.53 Å². The van der Waals surface area contributed by atoms with Gasteiger partial charge in [-0.1, -0.05) is 11.6 Å². The van der Waals surface area contributed by atoms with E-state index >= 15 is 0 Å². The van der Waals surface area contributed by atoms with Gasteiger partial charge in [0.15, 0.2) is 0 Å². The first-order chi connectivity index (χ1) is 3.18. The number of carbonyl (C=O) groups is 1. The monoisotopic (exact) mass is 122 g/mol. The molecule has 40 valence electrons. The first-order valence-electron chi connectivity index (χ1n) is 1.42. The number of rotatable bonds is 2. The molecule has 0 bridgehead atoms. The van der Waals surface area contributed by atoms with Gasteiger partial charge in [-0.25, -0.2) is 10.3 Å². The lowest BCUT2D eigenvalue weighted by Crippen LogP contribution is -2.08. The minimum atomic E-state index is -1.42. The standard InChI is InChI=1S/C2H3ClN2O2/c3-1(5-4)2(6)7/h1,4H,(H,6,7). The fourth-order valence-electron chi connectivity index (χ4n) is 0.0552. The van der Waals surface area contributed by atoms with Gasteiger partial charge < -0.3 is 5.11 Å². The number of halogens is 1. The Morgan fingerprint density at radius 2 is 2.43 bits per heavy atom. The minimum absolute atomic E-state index is 1.29. The van der Waals surface area contributed by atoms with Gasteiger partial charge >= 0.3 is 5.97 Å². The summed E-state index contributed by atoms with van der Waals surface area (Å²) in [5.74, 6) is -1.29. The Balaban J connectivity index is 3.55. The molecule has 2 N–H and O–H groups in total. The Hall–Kier alpha value is -0.640. The van der Waals surface area contributed by atoms with Crippen molar-refractivity contribution in [2.24, 2.45) is 5.11 Å². The SMILES string of the molecule is N=NC(Cl)C(=O)O. The van der Waals surface area contributed by atoms with Gasteiger partial charge in [-0.15, -0.1) is 0 Å². The van der Waals surface area contributed by atoms with E-state index in [-0.39, 0.29) is 0 Å². The van der Waals surface area contributed by atoms with Crippen molar-refractivity contribution in [2.75, 3.05) is 0 Å². The molecule has 0 rings (SSSR count). The van der Waals surface area contributed by atoms with Gasteiger partial charge in [0.25, 0.3) is 0 Å². The van der Waals surface area contributed by atoms with E-state index in [1.54, 1.807) is 0 Å². The molecular weight excluding hydrogens is 119 g/mol. The van der Waals surface area contributed by atoms with Gasteiger partial charge in [0.2, 0.25) is 5.50 Å². The molecule has 0 amide bonds. The van der Waals surface area contributed by atoms with Crippen LogP contribution in [0.3, 0.4) is 0 Å². The topological polar surface area (TPSA) is 73.5 Å². The number of alkyl halides is 1.